The molecular weight excluding hydrogens is 320 g/mol. The van der Waals surface area contributed by atoms with E-state index in [0.29, 0.717) is 23.8 Å². The van der Waals surface area contributed by atoms with Gasteiger partial charge in [-0.2, -0.15) is 0 Å². The van der Waals surface area contributed by atoms with Crippen molar-refractivity contribution in [2.45, 2.75) is 52.1 Å². The summed E-state index contributed by atoms with van der Waals surface area (Å²) in [5.41, 5.74) is 1.70. The molecule has 2 rings (SSSR count). The number of amidine groups is 1. The number of methoxy groups -OCH3 is 2. The third kappa shape index (κ3) is 4.44. The zero-order valence-electron chi connectivity index (χ0n) is 15.8. The van der Waals surface area contributed by atoms with E-state index in [1.165, 1.54) is 0 Å². The fraction of sp³-hybridized carbons (Fsp3) is 0.579. The first-order valence-corrected chi connectivity index (χ1v) is 8.51. The first-order chi connectivity index (χ1) is 11.7. The molecule has 2 N–H and O–H groups in total. The lowest BCUT2D eigenvalue weighted by Crippen LogP contribution is -2.50. The van der Waals surface area contributed by atoms with Crippen molar-refractivity contribution >= 4 is 11.8 Å². The fourth-order valence-corrected chi connectivity index (χ4v) is 3.11. The summed E-state index contributed by atoms with van der Waals surface area (Å²) in [6, 6.07) is 3.03. The number of benzene rings is 1. The predicted octanol–water partition coefficient (Wildman–Crippen LogP) is 2.87. The van der Waals surface area contributed by atoms with Crippen LogP contribution in [0.4, 0.5) is 0 Å². The third-order valence-electron chi connectivity index (χ3n) is 4.22. The normalized spacial score (nSPS) is 18.4. The lowest BCUT2D eigenvalue weighted by molar-refractivity contribution is -0.138. The number of hydrogen-bond acceptors (Lipinski definition) is 4. The fourth-order valence-electron chi connectivity index (χ4n) is 3.11. The molecule has 0 aromatic heterocycles. The topological polar surface area (TPSA) is 80.2 Å². The molecule has 0 bridgehead atoms. The van der Waals surface area contributed by atoms with Gasteiger partial charge in [-0.15, -0.1) is 0 Å². The molecule has 1 unspecified atom stereocenters. The highest BCUT2D eigenvalue weighted by molar-refractivity contribution is 6.03. The smallest absolute Gasteiger partial charge is 0.328 e. The monoisotopic (exact) mass is 348 g/mol. The van der Waals surface area contributed by atoms with Crippen LogP contribution in [0, 0.1) is 5.92 Å². The summed E-state index contributed by atoms with van der Waals surface area (Å²) in [4.78, 5) is 16.2. The van der Waals surface area contributed by atoms with Crippen molar-refractivity contribution in [3.05, 3.63) is 23.3 Å². The van der Waals surface area contributed by atoms with Crippen molar-refractivity contribution < 1.29 is 19.4 Å². The maximum atomic E-state index is 11.6. The quantitative estimate of drug-likeness (QED) is 0.826. The van der Waals surface area contributed by atoms with Gasteiger partial charge in [0.2, 0.25) is 0 Å². The van der Waals surface area contributed by atoms with Gasteiger partial charge in [-0.05, 0) is 50.3 Å². The lowest BCUT2D eigenvalue weighted by atomic mass is 9.86. The SMILES string of the molecule is COc1cc2c(cc1OC)C(=NC(CC(C)C)C(=O)O)NC(C)(C)C2. The van der Waals surface area contributed by atoms with Crippen LogP contribution < -0.4 is 14.8 Å². The van der Waals surface area contributed by atoms with Crippen molar-refractivity contribution in [3.8, 4) is 11.5 Å². The van der Waals surface area contributed by atoms with Gasteiger partial charge < -0.3 is 19.9 Å². The van der Waals surface area contributed by atoms with E-state index in [1.54, 1.807) is 14.2 Å². The van der Waals surface area contributed by atoms with E-state index in [-0.39, 0.29) is 11.5 Å². The Bertz CT molecular complexity index is 680. The number of fused-ring (bicyclic) bond motifs is 1. The number of carboxylic acids is 1. The molecule has 6 nitrogen and oxygen atoms in total. The Morgan fingerprint density at radius 1 is 1.28 bits per heavy atom. The molecule has 1 atom stereocenters. The zero-order chi connectivity index (χ0) is 18.8. The molecule has 0 amide bonds. The van der Waals surface area contributed by atoms with E-state index in [0.717, 1.165) is 17.5 Å². The summed E-state index contributed by atoms with van der Waals surface area (Å²) in [5.74, 6) is 1.20. The molecule has 6 heteroatoms. The van der Waals surface area contributed by atoms with Gasteiger partial charge in [0.1, 0.15) is 11.9 Å². The van der Waals surface area contributed by atoms with E-state index < -0.39 is 12.0 Å². The standard InChI is InChI=1S/C19H28N2O4/c1-11(2)7-14(18(22)23)20-17-13-9-16(25-6)15(24-5)8-12(13)10-19(3,4)21-17/h8-9,11,14H,7,10H2,1-6H3,(H,20,21)(H,22,23). The number of aliphatic carboxylic acids is 1. The van der Waals surface area contributed by atoms with E-state index in [9.17, 15) is 9.90 Å². The number of hydrogen-bond donors (Lipinski definition) is 2. The number of carboxylic acid groups (broad SMARTS) is 1. The molecule has 0 saturated heterocycles. The van der Waals surface area contributed by atoms with Gasteiger partial charge in [-0.1, -0.05) is 13.8 Å². The highest BCUT2D eigenvalue weighted by Gasteiger charge is 2.31. The van der Waals surface area contributed by atoms with Crippen molar-refractivity contribution in [3.63, 3.8) is 0 Å². The van der Waals surface area contributed by atoms with Crippen LogP contribution in [0.3, 0.4) is 0 Å². The lowest BCUT2D eigenvalue weighted by Gasteiger charge is -2.35. The Kier molecular flexibility index (Phi) is 5.60. The van der Waals surface area contributed by atoms with Gasteiger partial charge in [0.05, 0.1) is 14.2 Å². The molecule has 1 aliphatic heterocycles. The van der Waals surface area contributed by atoms with Crippen molar-refractivity contribution in [2.24, 2.45) is 10.9 Å². The molecular formula is C19H28N2O4. The van der Waals surface area contributed by atoms with Crippen LogP contribution in [-0.2, 0) is 11.2 Å². The average molecular weight is 348 g/mol. The summed E-state index contributed by atoms with van der Waals surface area (Å²) >= 11 is 0. The van der Waals surface area contributed by atoms with Gasteiger partial charge in [0, 0.05) is 11.1 Å². The average Bonchev–Trinajstić information content (AvgIpc) is 2.51. The molecule has 0 aliphatic carbocycles. The minimum atomic E-state index is -0.909. The number of ether oxygens (including phenoxy) is 2. The zero-order valence-corrected chi connectivity index (χ0v) is 15.8. The first-order valence-electron chi connectivity index (χ1n) is 8.51. The van der Waals surface area contributed by atoms with Crippen LogP contribution in [0.15, 0.2) is 17.1 Å². The summed E-state index contributed by atoms with van der Waals surface area (Å²) in [6.07, 6.45) is 1.27. The number of carbonyl (C=O) groups is 1. The molecule has 1 aromatic rings. The summed E-state index contributed by atoms with van der Waals surface area (Å²) in [5, 5.41) is 12.9. The number of aliphatic imine (C=N–C) groups is 1. The second-order valence-corrected chi connectivity index (χ2v) is 7.51. The van der Waals surface area contributed by atoms with Crippen LogP contribution >= 0.6 is 0 Å². The molecule has 0 radical (unpaired) electrons. The molecule has 0 fully saturated rings. The maximum absolute atomic E-state index is 11.6. The largest absolute Gasteiger partial charge is 0.493 e. The molecule has 0 spiro atoms. The molecule has 25 heavy (non-hydrogen) atoms. The maximum Gasteiger partial charge on any atom is 0.328 e. The number of rotatable bonds is 6. The Labute approximate surface area is 149 Å². The van der Waals surface area contributed by atoms with Crippen LogP contribution in [0.25, 0.3) is 0 Å². The van der Waals surface area contributed by atoms with Gasteiger partial charge in [-0.3, -0.25) is 4.99 Å². The third-order valence-corrected chi connectivity index (χ3v) is 4.22. The second kappa shape index (κ2) is 7.33. The van der Waals surface area contributed by atoms with Crippen LogP contribution in [-0.4, -0.2) is 42.7 Å². The molecule has 1 aromatic carbocycles. The van der Waals surface area contributed by atoms with Gasteiger partial charge in [0.15, 0.2) is 11.5 Å². The van der Waals surface area contributed by atoms with Crippen LogP contribution in [0.5, 0.6) is 11.5 Å². The Balaban J connectivity index is 2.56. The molecule has 138 valence electrons. The summed E-state index contributed by atoms with van der Waals surface area (Å²) < 4.78 is 10.8. The number of nitrogens with zero attached hydrogens (tertiary/aromatic N) is 1. The first kappa shape index (κ1) is 19.1. The Morgan fingerprint density at radius 3 is 2.40 bits per heavy atom. The Hall–Kier alpha value is -2.24. The van der Waals surface area contributed by atoms with E-state index >= 15 is 0 Å². The van der Waals surface area contributed by atoms with Gasteiger partial charge in [0.25, 0.3) is 0 Å². The highest BCUT2D eigenvalue weighted by atomic mass is 16.5. The number of nitrogens with one attached hydrogen (secondary N) is 1. The summed E-state index contributed by atoms with van der Waals surface area (Å²) in [6.45, 7) is 8.13. The summed E-state index contributed by atoms with van der Waals surface area (Å²) in [7, 11) is 3.19. The second-order valence-electron chi connectivity index (χ2n) is 7.51. The molecule has 1 aliphatic rings. The predicted molar refractivity (Wildman–Crippen MR) is 97.9 cm³/mol. The van der Waals surface area contributed by atoms with E-state index in [4.69, 9.17) is 9.47 Å². The van der Waals surface area contributed by atoms with Crippen molar-refractivity contribution in [1.82, 2.24) is 5.32 Å². The minimum Gasteiger partial charge on any atom is -0.493 e. The van der Waals surface area contributed by atoms with Crippen LogP contribution in [0.2, 0.25) is 0 Å². The van der Waals surface area contributed by atoms with Crippen LogP contribution in [0.1, 0.15) is 45.2 Å². The van der Waals surface area contributed by atoms with Crippen molar-refractivity contribution in [2.75, 3.05) is 14.2 Å². The minimum absolute atomic E-state index is 0.230. The van der Waals surface area contributed by atoms with E-state index in [1.807, 2.05) is 26.0 Å². The van der Waals surface area contributed by atoms with Gasteiger partial charge in [-0.25, -0.2) is 4.79 Å². The molecule has 1 heterocycles. The van der Waals surface area contributed by atoms with Gasteiger partial charge >= 0.3 is 5.97 Å². The van der Waals surface area contributed by atoms with Crippen molar-refractivity contribution in [1.29, 1.82) is 0 Å². The Morgan fingerprint density at radius 2 is 1.88 bits per heavy atom. The van der Waals surface area contributed by atoms with E-state index in [2.05, 4.69) is 24.2 Å². The molecule has 0 saturated carbocycles. The highest BCUT2D eigenvalue weighted by Crippen LogP contribution is 2.34.